The maximum atomic E-state index is 5.42. The van der Waals surface area contributed by atoms with Crippen molar-refractivity contribution in [3.8, 4) is 0 Å². The van der Waals surface area contributed by atoms with Gasteiger partial charge in [-0.15, -0.1) is 0 Å². The Hall–Kier alpha value is -0.870. The molecule has 0 aliphatic carbocycles. The number of furan rings is 1. The van der Waals surface area contributed by atoms with E-state index < -0.39 is 0 Å². The van der Waals surface area contributed by atoms with Crippen LogP contribution in [0.25, 0.3) is 11.1 Å². The quantitative estimate of drug-likeness (QED) is 0.810. The van der Waals surface area contributed by atoms with Crippen LogP contribution in [-0.2, 0) is 6.54 Å². The zero-order valence-electron chi connectivity index (χ0n) is 6.25. The van der Waals surface area contributed by atoms with Crippen LogP contribution in [0.15, 0.2) is 27.2 Å². The van der Waals surface area contributed by atoms with E-state index in [2.05, 4.69) is 20.9 Å². The summed E-state index contributed by atoms with van der Waals surface area (Å²) in [5.41, 5.74) is 6.06. The smallest absolute Gasteiger partial charge is 0.226 e. The van der Waals surface area contributed by atoms with E-state index in [1.807, 2.05) is 12.1 Å². The minimum atomic E-state index is 0.411. The largest absolute Gasteiger partial charge is 0.441 e. The van der Waals surface area contributed by atoms with Crippen LogP contribution in [0.1, 0.15) is 5.76 Å². The van der Waals surface area contributed by atoms with Crippen LogP contribution < -0.4 is 5.73 Å². The monoisotopic (exact) mass is 226 g/mol. The number of hydrogen-bond donors (Lipinski definition) is 1. The fourth-order valence-corrected chi connectivity index (χ4v) is 1.41. The minimum absolute atomic E-state index is 0.411. The van der Waals surface area contributed by atoms with Gasteiger partial charge in [-0.25, -0.2) is 4.98 Å². The Kier molecular flexibility index (Phi) is 1.86. The first kappa shape index (κ1) is 7.76. The molecule has 0 aliphatic heterocycles. The van der Waals surface area contributed by atoms with E-state index >= 15 is 0 Å². The van der Waals surface area contributed by atoms with Crippen LogP contribution in [-0.4, -0.2) is 4.98 Å². The van der Waals surface area contributed by atoms with E-state index in [0.717, 1.165) is 15.6 Å². The first-order valence-electron chi connectivity index (χ1n) is 3.53. The highest BCUT2D eigenvalue weighted by molar-refractivity contribution is 9.10. The zero-order valence-corrected chi connectivity index (χ0v) is 7.84. The van der Waals surface area contributed by atoms with Gasteiger partial charge in [0.1, 0.15) is 5.76 Å². The number of pyridine rings is 1. The van der Waals surface area contributed by atoms with Crippen molar-refractivity contribution in [1.82, 2.24) is 4.98 Å². The number of halogens is 1. The van der Waals surface area contributed by atoms with Crippen molar-refractivity contribution in [2.24, 2.45) is 5.73 Å². The lowest BCUT2D eigenvalue weighted by molar-refractivity contribution is 0.543. The first-order chi connectivity index (χ1) is 5.79. The lowest BCUT2D eigenvalue weighted by Crippen LogP contribution is -1.92. The summed E-state index contributed by atoms with van der Waals surface area (Å²) in [6.45, 7) is 0.411. The molecule has 0 fully saturated rings. The lowest BCUT2D eigenvalue weighted by atomic mass is 10.3. The summed E-state index contributed by atoms with van der Waals surface area (Å²) in [4.78, 5) is 4.08. The topological polar surface area (TPSA) is 52.0 Å². The lowest BCUT2D eigenvalue weighted by Gasteiger charge is -1.87. The molecule has 0 amide bonds. The molecule has 4 heteroatoms. The van der Waals surface area contributed by atoms with Crippen molar-refractivity contribution in [1.29, 1.82) is 0 Å². The normalized spacial score (nSPS) is 10.8. The van der Waals surface area contributed by atoms with Crippen LogP contribution in [0.4, 0.5) is 0 Å². The highest BCUT2D eigenvalue weighted by atomic mass is 79.9. The predicted molar refractivity (Wildman–Crippen MR) is 49.6 cm³/mol. The number of hydrogen-bond acceptors (Lipinski definition) is 3. The summed E-state index contributed by atoms with van der Waals surface area (Å²) in [5.74, 6) is 0.760. The van der Waals surface area contributed by atoms with Gasteiger partial charge in [0, 0.05) is 16.1 Å². The predicted octanol–water partition coefficient (Wildman–Crippen LogP) is 2.05. The van der Waals surface area contributed by atoms with Crippen molar-refractivity contribution in [3.63, 3.8) is 0 Å². The molecule has 0 saturated heterocycles. The van der Waals surface area contributed by atoms with Gasteiger partial charge in [-0.1, -0.05) is 0 Å². The number of nitrogens with zero attached hydrogens (tertiary/aromatic N) is 1. The van der Waals surface area contributed by atoms with E-state index in [1.54, 1.807) is 6.20 Å². The Morgan fingerprint density at radius 1 is 1.50 bits per heavy atom. The molecule has 2 aromatic heterocycles. The van der Waals surface area contributed by atoms with Gasteiger partial charge in [-0.05, 0) is 28.1 Å². The van der Waals surface area contributed by atoms with Gasteiger partial charge in [0.2, 0.25) is 5.71 Å². The van der Waals surface area contributed by atoms with E-state index in [1.165, 1.54) is 0 Å². The van der Waals surface area contributed by atoms with Gasteiger partial charge in [-0.3, -0.25) is 0 Å². The number of rotatable bonds is 1. The van der Waals surface area contributed by atoms with Crippen molar-refractivity contribution >= 4 is 27.0 Å². The Morgan fingerprint density at radius 2 is 2.33 bits per heavy atom. The van der Waals surface area contributed by atoms with E-state index in [0.29, 0.717) is 12.3 Å². The third-order valence-electron chi connectivity index (χ3n) is 1.59. The first-order valence-corrected chi connectivity index (χ1v) is 4.33. The highest BCUT2D eigenvalue weighted by Gasteiger charge is 2.02. The van der Waals surface area contributed by atoms with Gasteiger partial charge in [0.15, 0.2) is 0 Å². The fourth-order valence-electron chi connectivity index (χ4n) is 1.06. The van der Waals surface area contributed by atoms with Gasteiger partial charge in [0.05, 0.1) is 6.54 Å². The van der Waals surface area contributed by atoms with Crippen molar-refractivity contribution in [2.45, 2.75) is 6.54 Å². The molecule has 0 aromatic carbocycles. The molecular weight excluding hydrogens is 220 g/mol. The summed E-state index contributed by atoms with van der Waals surface area (Å²) in [6.07, 6.45) is 1.70. The van der Waals surface area contributed by atoms with E-state index in [9.17, 15) is 0 Å². The Bertz CT molecular complexity index is 410. The van der Waals surface area contributed by atoms with Gasteiger partial charge >= 0.3 is 0 Å². The van der Waals surface area contributed by atoms with Crippen molar-refractivity contribution in [2.75, 3.05) is 0 Å². The van der Waals surface area contributed by atoms with Gasteiger partial charge in [-0.2, -0.15) is 0 Å². The average Bonchev–Trinajstić information content (AvgIpc) is 2.46. The molecule has 0 radical (unpaired) electrons. The molecule has 12 heavy (non-hydrogen) atoms. The molecule has 0 atom stereocenters. The highest BCUT2D eigenvalue weighted by Crippen LogP contribution is 2.20. The molecule has 2 rings (SSSR count). The summed E-state index contributed by atoms with van der Waals surface area (Å²) >= 11 is 3.33. The molecular formula is C8H7BrN2O. The fraction of sp³-hybridized carbons (Fsp3) is 0.125. The summed E-state index contributed by atoms with van der Waals surface area (Å²) in [6, 6.07) is 3.85. The second-order valence-corrected chi connectivity index (χ2v) is 3.38. The zero-order chi connectivity index (χ0) is 8.55. The maximum absolute atomic E-state index is 5.42. The third-order valence-corrected chi connectivity index (χ3v) is 2.02. The van der Waals surface area contributed by atoms with Gasteiger partial charge in [0.25, 0.3) is 0 Å². The maximum Gasteiger partial charge on any atom is 0.226 e. The van der Waals surface area contributed by atoms with E-state index in [4.69, 9.17) is 10.2 Å². The van der Waals surface area contributed by atoms with Crippen LogP contribution in [0.2, 0.25) is 0 Å². The van der Waals surface area contributed by atoms with Crippen molar-refractivity contribution in [3.05, 3.63) is 28.6 Å². The third kappa shape index (κ3) is 1.23. The second-order valence-electron chi connectivity index (χ2n) is 2.46. The summed E-state index contributed by atoms with van der Waals surface area (Å²) in [5, 5.41) is 0.977. The van der Waals surface area contributed by atoms with Crippen LogP contribution in [0, 0.1) is 0 Å². The standard InChI is InChI=1S/C8H7BrN2O/c9-6-1-5-2-7(3-10)12-8(5)11-4-6/h1-2,4H,3,10H2. The summed E-state index contributed by atoms with van der Waals surface area (Å²) < 4.78 is 6.26. The molecule has 0 unspecified atom stereocenters. The Labute approximate surface area is 77.7 Å². The number of fused-ring (bicyclic) bond motifs is 1. The molecule has 0 saturated carbocycles. The number of aromatic nitrogens is 1. The molecule has 0 spiro atoms. The van der Waals surface area contributed by atoms with Crippen LogP contribution >= 0.6 is 15.9 Å². The molecule has 2 heterocycles. The van der Waals surface area contributed by atoms with Gasteiger partial charge < -0.3 is 10.2 Å². The van der Waals surface area contributed by atoms with Crippen LogP contribution in [0.3, 0.4) is 0 Å². The van der Waals surface area contributed by atoms with Crippen LogP contribution in [0.5, 0.6) is 0 Å². The molecule has 2 N–H and O–H groups in total. The SMILES string of the molecule is NCc1cc2cc(Br)cnc2o1. The second kappa shape index (κ2) is 2.88. The average molecular weight is 227 g/mol. The summed E-state index contributed by atoms with van der Waals surface area (Å²) in [7, 11) is 0. The Balaban J connectivity index is 2.67. The van der Waals surface area contributed by atoms with Crippen molar-refractivity contribution < 1.29 is 4.42 Å². The molecule has 62 valence electrons. The Morgan fingerprint density at radius 3 is 3.08 bits per heavy atom. The minimum Gasteiger partial charge on any atom is -0.441 e. The molecule has 0 aliphatic rings. The molecule has 2 aromatic rings. The number of nitrogens with two attached hydrogens (primary N) is 1. The molecule has 3 nitrogen and oxygen atoms in total. The van der Waals surface area contributed by atoms with E-state index in [-0.39, 0.29) is 0 Å². The molecule has 0 bridgehead atoms.